The van der Waals surface area contributed by atoms with E-state index in [9.17, 15) is 19.8 Å². The first-order valence-electron chi connectivity index (χ1n) is 8.81. The van der Waals surface area contributed by atoms with E-state index in [4.69, 9.17) is 5.11 Å². The Labute approximate surface area is 165 Å². The fraction of sp³-hybridized carbons (Fsp3) is 0.200. The number of aromatic nitrogens is 2. The Morgan fingerprint density at radius 1 is 1.21 bits per heavy atom. The molecule has 5 N–H and O–H groups in total. The summed E-state index contributed by atoms with van der Waals surface area (Å²) in [6.07, 6.45) is -3.38. The zero-order valence-corrected chi connectivity index (χ0v) is 15.5. The van der Waals surface area contributed by atoms with Crippen LogP contribution in [0.5, 0.6) is 0 Å². The van der Waals surface area contributed by atoms with E-state index in [1.165, 1.54) is 0 Å². The number of aliphatic hydroxyl groups is 3. The number of aryl methyl sites for hydroxylation is 1. The predicted octanol–water partition coefficient (Wildman–Crippen LogP) is 0.0797. The van der Waals surface area contributed by atoms with Crippen LogP contribution in [0.4, 0.5) is 0 Å². The van der Waals surface area contributed by atoms with Gasteiger partial charge in [-0.3, -0.25) is 9.59 Å². The van der Waals surface area contributed by atoms with Crippen molar-refractivity contribution in [2.75, 3.05) is 6.61 Å². The maximum Gasteiger partial charge on any atom is 0.276 e. The Hall–Kier alpha value is -3.40. The molecule has 2 unspecified atom stereocenters. The number of nitrogens with zero attached hydrogens (tertiary/aromatic N) is 2. The number of para-hydroxylation sites is 2. The van der Waals surface area contributed by atoms with Crippen LogP contribution in [0, 0.1) is 6.92 Å². The molecule has 0 radical (unpaired) electrons. The lowest BCUT2D eigenvalue weighted by Crippen LogP contribution is -2.41. The maximum atomic E-state index is 12.5. The van der Waals surface area contributed by atoms with Crippen molar-refractivity contribution in [2.24, 2.45) is 5.10 Å². The fourth-order valence-electron chi connectivity index (χ4n) is 2.71. The average molecular weight is 396 g/mol. The van der Waals surface area contributed by atoms with Crippen LogP contribution < -0.4 is 11.0 Å². The molecule has 2 atom stereocenters. The number of H-pyrrole nitrogens is 1. The van der Waals surface area contributed by atoms with Crippen molar-refractivity contribution >= 4 is 22.7 Å². The lowest BCUT2D eigenvalue weighted by molar-refractivity contribution is 0.0183. The van der Waals surface area contributed by atoms with Gasteiger partial charge in [0.15, 0.2) is 5.69 Å². The van der Waals surface area contributed by atoms with Crippen molar-refractivity contribution in [3.63, 3.8) is 0 Å². The lowest BCUT2D eigenvalue weighted by atomic mass is 10.1. The topological polar surface area (TPSA) is 148 Å². The highest BCUT2D eigenvalue weighted by Gasteiger charge is 2.27. The van der Waals surface area contributed by atoms with Crippen molar-refractivity contribution in [1.29, 1.82) is 0 Å². The highest BCUT2D eigenvalue weighted by Crippen LogP contribution is 2.10. The van der Waals surface area contributed by atoms with Gasteiger partial charge in [0.05, 0.1) is 17.6 Å². The maximum absolute atomic E-state index is 12.5. The molecule has 3 rings (SSSR count). The highest BCUT2D eigenvalue weighted by atomic mass is 16.4. The van der Waals surface area contributed by atoms with Gasteiger partial charge in [0.1, 0.15) is 17.9 Å². The van der Waals surface area contributed by atoms with Crippen LogP contribution in [0.25, 0.3) is 11.0 Å². The molecule has 0 aliphatic rings. The van der Waals surface area contributed by atoms with Crippen molar-refractivity contribution in [3.8, 4) is 0 Å². The van der Waals surface area contributed by atoms with Crippen molar-refractivity contribution in [1.82, 2.24) is 15.4 Å². The SMILES string of the molecule is Cc1cccc(C(=O)NN=C(c2nc3ccccc3[nH]c2=O)C(O)C(O)CO)c1. The van der Waals surface area contributed by atoms with Gasteiger partial charge in [-0.2, -0.15) is 5.10 Å². The molecule has 0 fully saturated rings. The normalized spacial score (nSPS) is 13.9. The predicted molar refractivity (Wildman–Crippen MR) is 107 cm³/mol. The molecule has 2 aromatic carbocycles. The zero-order valence-electron chi connectivity index (χ0n) is 15.5. The minimum absolute atomic E-state index is 0.284. The first kappa shape index (κ1) is 20.3. The molecule has 0 aliphatic carbocycles. The van der Waals surface area contributed by atoms with Crippen LogP contribution in [0.1, 0.15) is 21.6 Å². The lowest BCUT2D eigenvalue weighted by Gasteiger charge is -2.17. The molecular formula is C20H20N4O5. The second-order valence-corrected chi connectivity index (χ2v) is 6.43. The van der Waals surface area contributed by atoms with Gasteiger partial charge in [0.2, 0.25) is 0 Å². The number of carbonyl (C=O) groups is 1. The molecule has 9 heteroatoms. The summed E-state index contributed by atoms with van der Waals surface area (Å²) >= 11 is 0. The first-order valence-corrected chi connectivity index (χ1v) is 8.81. The van der Waals surface area contributed by atoms with E-state index < -0.39 is 30.3 Å². The molecule has 0 spiro atoms. The summed E-state index contributed by atoms with van der Waals surface area (Å²) < 4.78 is 0. The summed E-state index contributed by atoms with van der Waals surface area (Å²) in [5, 5.41) is 33.2. The monoisotopic (exact) mass is 396 g/mol. The number of fused-ring (bicyclic) bond motifs is 1. The number of benzene rings is 2. The van der Waals surface area contributed by atoms with Gasteiger partial charge < -0.3 is 20.3 Å². The Morgan fingerprint density at radius 2 is 1.97 bits per heavy atom. The van der Waals surface area contributed by atoms with Crippen LogP contribution >= 0.6 is 0 Å². The number of hydrogen-bond acceptors (Lipinski definition) is 7. The number of hydrazone groups is 1. The number of rotatable bonds is 6. The molecule has 9 nitrogen and oxygen atoms in total. The van der Waals surface area contributed by atoms with Gasteiger partial charge in [-0.25, -0.2) is 10.4 Å². The van der Waals surface area contributed by atoms with Crippen LogP contribution in [-0.2, 0) is 0 Å². The molecule has 3 aromatic rings. The molecule has 1 amide bonds. The number of hydrogen-bond donors (Lipinski definition) is 5. The minimum atomic E-state index is -1.76. The van der Waals surface area contributed by atoms with Crippen LogP contribution in [0.3, 0.4) is 0 Å². The van der Waals surface area contributed by atoms with E-state index in [1.54, 1.807) is 42.5 Å². The summed E-state index contributed by atoms with van der Waals surface area (Å²) in [4.78, 5) is 31.7. The van der Waals surface area contributed by atoms with E-state index in [-0.39, 0.29) is 11.4 Å². The molecular weight excluding hydrogens is 376 g/mol. The summed E-state index contributed by atoms with van der Waals surface area (Å²) in [5.41, 5.74) is 3.02. The smallest absolute Gasteiger partial charge is 0.276 e. The summed E-state index contributed by atoms with van der Waals surface area (Å²) in [6, 6.07) is 13.5. The van der Waals surface area contributed by atoms with Gasteiger partial charge in [-0.1, -0.05) is 29.8 Å². The Morgan fingerprint density at radius 3 is 2.69 bits per heavy atom. The number of carbonyl (C=O) groups excluding carboxylic acids is 1. The minimum Gasteiger partial charge on any atom is -0.394 e. The average Bonchev–Trinajstić information content (AvgIpc) is 2.73. The van der Waals surface area contributed by atoms with Crippen LogP contribution in [-0.4, -0.2) is 55.7 Å². The Balaban J connectivity index is 2.03. The van der Waals surface area contributed by atoms with E-state index in [1.807, 2.05) is 13.0 Å². The fourth-order valence-corrected chi connectivity index (χ4v) is 2.71. The molecule has 0 saturated carbocycles. The van der Waals surface area contributed by atoms with E-state index in [2.05, 4.69) is 20.5 Å². The standard InChI is InChI=1S/C20H20N4O5/c1-11-5-4-6-12(9-11)19(28)24-23-16(18(27)15(26)10-25)17-20(29)22-14-8-3-2-7-13(14)21-17/h2-9,15,18,25-27H,10H2,1H3,(H,22,29)(H,24,28). The van der Waals surface area contributed by atoms with Gasteiger partial charge in [0, 0.05) is 5.56 Å². The third-order valence-corrected chi connectivity index (χ3v) is 4.23. The molecule has 1 aromatic heterocycles. The highest BCUT2D eigenvalue weighted by molar-refractivity contribution is 6.04. The third kappa shape index (κ3) is 4.54. The Bertz CT molecular complexity index is 1130. The van der Waals surface area contributed by atoms with Crippen molar-refractivity contribution < 1.29 is 20.1 Å². The summed E-state index contributed by atoms with van der Waals surface area (Å²) in [7, 11) is 0. The van der Waals surface area contributed by atoms with Crippen LogP contribution in [0.15, 0.2) is 58.4 Å². The quantitative estimate of drug-likeness (QED) is 0.294. The Kier molecular flexibility index (Phi) is 6.13. The molecule has 0 bridgehead atoms. The van der Waals surface area contributed by atoms with Gasteiger partial charge >= 0.3 is 0 Å². The molecule has 29 heavy (non-hydrogen) atoms. The van der Waals surface area contributed by atoms with Gasteiger partial charge in [0.25, 0.3) is 11.5 Å². The first-order chi connectivity index (χ1) is 13.9. The summed E-state index contributed by atoms with van der Waals surface area (Å²) in [6.45, 7) is 1.04. The van der Waals surface area contributed by atoms with E-state index in [0.717, 1.165) is 5.56 Å². The molecule has 0 saturated heterocycles. The molecule has 1 heterocycles. The zero-order chi connectivity index (χ0) is 21.0. The van der Waals surface area contributed by atoms with Gasteiger partial charge in [-0.05, 0) is 31.2 Å². The number of aromatic amines is 1. The summed E-state index contributed by atoms with van der Waals surface area (Å²) in [5.74, 6) is -0.575. The number of aliphatic hydroxyl groups excluding tert-OH is 3. The molecule has 0 aliphatic heterocycles. The largest absolute Gasteiger partial charge is 0.394 e. The van der Waals surface area contributed by atoms with Crippen molar-refractivity contribution in [2.45, 2.75) is 19.1 Å². The molecule has 150 valence electrons. The second-order valence-electron chi connectivity index (χ2n) is 6.43. The van der Waals surface area contributed by atoms with E-state index in [0.29, 0.717) is 16.6 Å². The number of amides is 1. The third-order valence-electron chi connectivity index (χ3n) is 4.23. The number of nitrogens with one attached hydrogen (secondary N) is 2. The van der Waals surface area contributed by atoms with E-state index >= 15 is 0 Å². The van der Waals surface area contributed by atoms with Crippen molar-refractivity contribution in [3.05, 3.63) is 75.7 Å². The van der Waals surface area contributed by atoms with Crippen LogP contribution in [0.2, 0.25) is 0 Å². The van der Waals surface area contributed by atoms with Gasteiger partial charge in [-0.15, -0.1) is 0 Å². The second kappa shape index (κ2) is 8.74.